The maximum Gasteiger partial charge on any atom is 0.270 e. The van der Waals surface area contributed by atoms with E-state index in [4.69, 9.17) is 23.8 Å². The molecule has 0 N–H and O–H groups in total. The average Bonchev–Trinajstić information content (AvgIpc) is 2.78. The highest BCUT2D eigenvalue weighted by Gasteiger charge is 2.33. The maximum absolute atomic E-state index is 13.3. The van der Waals surface area contributed by atoms with E-state index in [1.807, 2.05) is 30.3 Å². The molecule has 6 heteroatoms. The Morgan fingerprint density at radius 1 is 1.18 bits per heavy atom. The van der Waals surface area contributed by atoms with Crippen LogP contribution in [0.15, 0.2) is 53.4 Å². The molecule has 0 atom stereocenters. The molecule has 2 nitrogen and oxygen atoms in total. The van der Waals surface area contributed by atoms with Gasteiger partial charge in [-0.05, 0) is 29.8 Å². The van der Waals surface area contributed by atoms with Gasteiger partial charge in [-0.1, -0.05) is 65.9 Å². The lowest BCUT2D eigenvalue weighted by atomic mass is 10.2. The van der Waals surface area contributed by atoms with Gasteiger partial charge in [0.2, 0.25) is 0 Å². The molecule has 0 unspecified atom stereocenters. The Hall–Kier alpha value is -1.69. The number of halogens is 2. The summed E-state index contributed by atoms with van der Waals surface area (Å²) < 4.78 is 13.7. The number of carbonyl (C=O) groups excluding carboxylic acids is 1. The fourth-order valence-corrected chi connectivity index (χ4v) is 3.49. The highest BCUT2D eigenvalue weighted by Crippen LogP contribution is 2.37. The van der Waals surface area contributed by atoms with Crippen LogP contribution in [0, 0.1) is 5.82 Å². The molecule has 1 fully saturated rings. The van der Waals surface area contributed by atoms with Gasteiger partial charge in [0, 0.05) is 0 Å². The third kappa shape index (κ3) is 2.92. The van der Waals surface area contributed by atoms with E-state index in [9.17, 15) is 9.18 Å². The van der Waals surface area contributed by atoms with E-state index in [0.29, 0.717) is 14.9 Å². The number of rotatable bonds is 2. The molecule has 0 bridgehead atoms. The standard InChI is InChI=1S/C16H9ClFNOS2/c17-12-9-11(6-7-13(12)18)19-15(20)14(22-16(19)21)8-10-4-2-1-3-5-10/h1-9H/b14-8-. The van der Waals surface area contributed by atoms with Crippen LogP contribution in [0.1, 0.15) is 5.56 Å². The quantitative estimate of drug-likeness (QED) is 0.569. The van der Waals surface area contributed by atoms with Crippen molar-refractivity contribution in [2.75, 3.05) is 4.90 Å². The second-order valence-electron chi connectivity index (χ2n) is 4.53. The summed E-state index contributed by atoms with van der Waals surface area (Å²) in [6, 6.07) is 13.6. The summed E-state index contributed by atoms with van der Waals surface area (Å²) in [7, 11) is 0. The minimum absolute atomic E-state index is 0.0430. The number of hydrogen-bond acceptors (Lipinski definition) is 3. The highest BCUT2D eigenvalue weighted by atomic mass is 35.5. The zero-order chi connectivity index (χ0) is 15.7. The smallest absolute Gasteiger partial charge is 0.268 e. The molecule has 0 aromatic heterocycles. The largest absolute Gasteiger partial charge is 0.270 e. The Morgan fingerprint density at radius 3 is 2.59 bits per heavy atom. The third-order valence-corrected chi connectivity index (χ3v) is 4.64. The van der Waals surface area contributed by atoms with Crippen molar-refractivity contribution in [1.82, 2.24) is 0 Å². The molecule has 0 radical (unpaired) electrons. The van der Waals surface area contributed by atoms with Crippen molar-refractivity contribution in [3.63, 3.8) is 0 Å². The van der Waals surface area contributed by atoms with Crippen LogP contribution >= 0.6 is 35.6 Å². The van der Waals surface area contributed by atoms with Crippen LogP contribution in [0.25, 0.3) is 6.08 Å². The molecule has 1 saturated heterocycles. The fourth-order valence-electron chi connectivity index (χ4n) is 2.02. The van der Waals surface area contributed by atoms with Gasteiger partial charge < -0.3 is 0 Å². The van der Waals surface area contributed by atoms with Crippen LogP contribution in [0.4, 0.5) is 10.1 Å². The van der Waals surface area contributed by atoms with Gasteiger partial charge in [0.15, 0.2) is 4.32 Å². The first-order valence-corrected chi connectivity index (χ1v) is 7.94. The number of benzene rings is 2. The third-order valence-electron chi connectivity index (χ3n) is 3.05. The highest BCUT2D eigenvalue weighted by molar-refractivity contribution is 8.27. The van der Waals surface area contributed by atoms with Crippen molar-refractivity contribution in [2.24, 2.45) is 0 Å². The minimum Gasteiger partial charge on any atom is -0.268 e. The van der Waals surface area contributed by atoms with Gasteiger partial charge in [-0.3, -0.25) is 9.69 Å². The summed E-state index contributed by atoms with van der Waals surface area (Å²) in [5.74, 6) is -0.766. The number of thiocarbonyl (C=S) groups is 1. The van der Waals surface area contributed by atoms with Crippen LogP contribution in [0.3, 0.4) is 0 Å². The van der Waals surface area contributed by atoms with E-state index in [0.717, 1.165) is 5.56 Å². The topological polar surface area (TPSA) is 20.3 Å². The van der Waals surface area contributed by atoms with Crippen LogP contribution in [-0.4, -0.2) is 10.2 Å². The Labute approximate surface area is 141 Å². The number of thioether (sulfide) groups is 1. The maximum atomic E-state index is 13.3. The van der Waals surface area contributed by atoms with Gasteiger partial charge in [0.25, 0.3) is 5.91 Å². The molecule has 0 saturated carbocycles. The molecule has 2 aromatic carbocycles. The van der Waals surface area contributed by atoms with Gasteiger partial charge in [-0.25, -0.2) is 4.39 Å². The second-order valence-corrected chi connectivity index (χ2v) is 6.61. The van der Waals surface area contributed by atoms with Crippen molar-refractivity contribution in [1.29, 1.82) is 0 Å². The van der Waals surface area contributed by atoms with E-state index in [2.05, 4.69) is 0 Å². The Morgan fingerprint density at radius 2 is 1.91 bits per heavy atom. The predicted molar refractivity (Wildman–Crippen MR) is 93.5 cm³/mol. The van der Waals surface area contributed by atoms with Crippen molar-refractivity contribution < 1.29 is 9.18 Å². The van der Waals surface area contributed by atoms with E-state index < -0.39 is 5.82 Å². The van der Waals surface area contributed by atoms with Crippen LogP contribution in [0.2, 0.25) is 5.02 Å². The van der Waals surface area contributed by atoms with Gasteiger partial charge in [-0.15, -0.1) is 0 Å². The molecule has 0 spiro atoms. The number of nitrogens with zero attached hydrogens (tertiary/aromatic N) is 1. The Kier molecular flexibility index (Phi) is 4.29. The molecule has 0 aliphatic carbocycles. The zero-order valence-electron chi connectivity index (χ0n) is 11.1. The fraction of sp³-hybridized carbons (Fsp3) is 0. The molecule has 3 rings (SSSR count). The summed E-state index contributed by atoms with van der Waals surface area (Å²) in [6.07, 6.45) is 1.78. The summed E-state index contributed by atoms with van der Waals surface area (Å²) >= 11 is 12.2. The number of anilines is 1. The number of hydrogen-bond donors (Lipinski definition) is 0. The summed E-state index contributed by atoms with van der Waals surface area (Å²) in [4.78, 5) is 14.4. The molecule has 22 heavy (non-hydrogen) atoms. The van der Waals surface area contributed by atoms with Crippen molar-refractivity contribution in [3.05, 3.63) is 69.8 Å². The molecular weight excluding hydrogens is 341 g/mol. The SMILES string of the molecule is O=C1/C(=C/c2ccccc2)SC(=S)N1c1ccc(F)c(Cl)c1. The molecule has 1 aliphatic heterocycles. The average molecular weight is 350 g/mol. The van der Waals surface area contributed by atoms with Crippen molar-refractivity contribution >= 4 is 57.6 Å². The van der Waals surface area contributed by atoms with E-state index >= 15 is 0 Å². The first-order chi connectivity index (χ1) is 10.6. The van der Waals surface area contributed by atoms with Gasteiger partial charge in [-0.2, -0.15) is 0 Å². The minimum atomic E-state index is -0.532. The molecule has 1 amide bonds. The Balaban J connectivity index is 1.95. The summed E-state index contributed by atoms with van der Waals surface area (Å²) in [6.45, 7) is 0. The van der Waals surface area contributed by atoms with E-state index in [1.165, 1.54) is 34.9 Å². The van der Waals surface area contributed by atoms with Gasteiger partial charge in [0.1, 0.15) is 5.82 Å². The normalized spacial score (nSPS) is 16.6. The monoisotopic (exact) mass is 349 g/mol. The second kappa shape index (κ2) is 6.20. The molecular formula is C16H9ClFNOS2. The molecule has 1 heterocycles. The van der Waals surface area contributed by atoms with Crippen molar-refractivity contribution in [2.45, 2.75) is 0 Å². The lowest BCUT2D eigenvalue weighted by molar-refractivity contribution is -0.113. The summed E-state index contributed by atoms with van der Waals surface area (Å²) in [5.41, 5.74) is 1.38. The zero-order valence-corrected chi connectivity index (χ0v) is 13.5. The summed E-state index contributed by atoms with van der Waals surface area (Å²) in [5, 5.41) is -0.0430. The van der Waals surface area contributed by atoms with Crippen molar-refractivity contribution in [3.8, 4) is 0 Å². The van der Waals surface area contributed by atoms with Crippen LogP contribution < -0.4 is 4.90 Å². The van der Waals surface area contributed by atoms with Crippen LogP contribution in [0.5, 0.6) is 0 Å². The van der Waals surface area contributed by atoms with Gasteiger partial charge in [0.05, 0.1) is 15.6 Å². The number of amides is 1. The van der Waals surface area contributed by atoms with Gasteiger partial charge >= 0.3 is 0 Å². The predicted octanol–water partition coefficient (Wildman–Crippen LogP) is 4.88. The lowest BCUT2D eigenvalue weighted by Gasteiger charge is -2.14. The lowest BCUT2D eigenvalue weighted by Crippen LogP contribution is -2.27. The molecule has 1 aliphatic rings. The first kappa shape index (κ1) is 15.2. The van der Waals surface area contributed by atoms with E-state index in [-0.39, 0.29) is 10.9 Å². The molecule has 110 valence electrons. The molecule has 2 aromatic rings. The first-order valence-electron chi connectivity index (χ1n) is 6.34. The Bertz CT molecular complexity index is 792. The van der Waals surface area contributed by atoms with Crippen LogP contribution in [-0.2, 0) is 4.79 Å². The number of carbonyl (C=O) groups is 1. The van der Waals surface area contributed by atoms with E-state index in [1.54, 1.807) is 6.08 Å².